The molecule has 15 nitrogen and oxygen atoms in total. The molecule has 0 bridgehead atoms. The van der Waals surface area contributed by atoms with Crippen LogP contribution in [0.5, 0.6) is 11.5 Å². The molecule has 0 saturated heterocycles. The van der Waals surface area contributed by atoms with E-state index in [0.29, 0.717) is 5.56 Å². The molecule has 45 heavy (non-hydrogen) atoms. The molecule has 0 fully saturated rings. The van der Waals surface area contributed by atoms with Crippen LogP contribution in [-0.2, 0) is 21.4 Å². The summed E-state index contributed by atoms with van der Waals surface area (Å²) >= 11 is 0. The van der Waals surface area contributed by atoms with E-state index in [9.17, 15) is 48.9 Å². The average molecular weight is 615 g/mol. The van der Waals surface area contributed by atoms with Gasteiger partial charge in [0, 0.05) is 18.6 Å². The van der Waals surface area contributed by atoms with Crippen molar-refractivity contribution >= 4 is 40.3 Å². The number of fused-ring (bicyclic) bond motifs is 4. The molecule has 15 heteroatoms. The number of aryl methyl sites for hydroxylation is 1. The molecule has 1 atom stereocenters. The first-order chi connectivity index (χ1) is 21.3. The summed E-state index contributed by atoms with van der Waals surface area (Å²) in [5.41, 5.74) is -4.62. The third-order valence-electron chi connectivity index (χ3n) is 8.17. The molecule has 6 rings (SSSR count). The fourth-order valence-corrected chi connectivity index (χ4v) is 6.26. The Kier molecular flexibility index (Phi) is 6.42. The highest BCUT2D eigenvalue weighted by molar-refractivity contribution is 5.96. The molecule has 1 aromatic carbocycles. The van der Waals surface area contributed by atoms with E-state index in [0.717, 1.165) is 19.4 Å². The maximum atomic E-state index is 13.6. The lowest BCUT2D eigenvalue weighted by molar-refractivity contribution is -0.125. The van der Waals surface area contributed by atoms with Crippen LogP contribution in [-0.4, -0.2) is 52.0 Å². The maximum Gasteiger partial charge on any atom is 0.260 e. The van der Waals surface area contributed by atoms with Gasteiger partial charge in [0.2, 0.25) is 22.2 Å². The van der Waals surface area contributed by atoms with Crippen molar-refractivity contribution in [3.8, 4) is 11.5 Å². The highest BCUT2D eigenvalue weighted by atomic mass is 16.5. The lowest BCUT2D eigenvalue weighted by Gasteiger charge is -2.27. The number of aromatic nitrogens is 1. The van der Waals surface area contributed by atoms with Crippen LogP contribution in [0, 0.1) is 10.4 Å². The fraction of sp³-hybridized carbons (Fsp3) is 0.200. The van der Waals surface area contributed by atoms with Gasteiger partial charge in [-0.05, 0) is 29.9 Å². The van der Waals surface area contributed by atoms with Crippen molar-refractivity contribution in [2.45, 2.75) is 25.2 Å². The van der Waals surface area contributed by atoms with Gasteiger partial charge in [-0.1, -0.05) is 6.07 Å². The largest absolute Gasteiger partial charge is 0.510 e. The Morgan fingerprint density at radius 1 is 0.978 bits per heavy atom. The van der Waals surface area contributed by atoms with Gasteiger partial charge in [-0.3, -0.25) is 33.6 Å². The number of carbonyl (C=O) groups excluding carboxylic acids is 2. The number of hydrogen-bond donors (Lipinski definition) is 6. The zero-order valence-corrected chi connectivity index (χ0v) is 23.5. The number of aliphatic hydroxyl groups excluding tert-OH is 2. The molecule has 4 aliphatic carbocycles. The number of methoxy groups -OCH3 is 1. The Morgan fingerprint density at radius 2 is 1.64 bits per heavy atom. The number of amides is 2. The van der Waals surface area contributed by atoms with Gasteiger partial charge in [-0.25, -0.2) is 5.43 Å². The molecule has 228 valence electrons. The number of H-pyrrole nitrogens is 1. The topological polar surface area (TPSA) is 242 Å². The van der Waals surface area contributed by atoms with Crippen LogP contribution in [0.3, 0.4) is 0 Å². The minimum Gasteiger partial charge on any atom is -0.510 e. The smallest absolute Gasteiger partial charge is 0.260 e. The third kappa shape index (κ3) is 3.97. The summed E-state index contributed by atoms with van der Waals surface area (Å²) < 4.78 is 4.88. The number of benzene rings is 1. The Labute approximate surface area is 248 Å². The SMILES string of the molecule is COc1cc(=O)c2c(=O)c3c(c(=O)c=2c1=O)=C(O)C1(CCc2cc4cc(C=NNC(=O)CNC(C)=O)[nH]c(=O)c4c(O)c21)C=3O. The van der Waals surface area contributed by atoms with E-state index in [-0.39, 0.29) is 41.4 Å². The van der Waals surface area contributed by atoms with Crippen LogP contribution in [0.15, 0.2) is 47.3 Å². The van der Waals surface area contributed by atoms with Crippen LogP contribution in [0.25, 0.3) is 22.3 Å². The van der Waals surface area contributed by atoms with Crippen molar-refractivity contribution in [2.75, 3.05) is 13.7 Å². The molecule has 4 aliphatic rings. The van der Waals surface area contributed by atoms with Gasteiger partial charge in [0.15, 0.2) is 11.2 Å². The highest BCUT2D eigenvalue weighted by Gasteiger charge is 2.53. The van der Waals surface area contributed by atoms with E-state index >= 15 is 0 Å². The number of aromatic hydroxyl groups is 1. The molecule has 1 aromatic heterocycles. The Balaban J connectivity index is 1.55. The van der Waals surface area contributed by atoms with E-state index in [1.54, 1.807) is 0 Å². The molecule has 6 N–H and O–H groups in total. The Morgan fingerprint density at radius 3 is 2.29 bits per heavy atom. The zero-order valence-electron chi connectivity index (χ0n) is 23.5. The number of nitrogens with zero attached hydrogens (tertiary/aromatic N) is 1. The number of carbonyl (C=O) groups is 2. The van der Waals surface area contributed by atoms with Gasteiger partial charge >= 0.3 is 0 Å². The number of aliphatic hydroxyl groups is 2. The second-order valence-corrected chi connectivity index (χ2v) is 10.6. The summed E-state index contributed by atoms with van der Waals surface area (Å²) in [5, 5.41) is 37.6. The number of aromatic amines is 1. The van der Waals surface area contributed by atoms with E-state index in [2.05, 4.69) is 20.8 Å². The number of pyridine rings is 1. The number of hydrazone groups is 1. The molecule has 0 radical (unpaired) electrons. The van der Waals surface area contributed by atoms with Gasteiger partial charge in [0.1, 0.15) is 22.7 Å². The highest BCUT2D eigenvalue weighted by Crippen LogP contribution is 2.54. The quantitative estimate of drug-likeness (QED) is 0.0984. The van der Waals surface area contributed by atoms with Gasteiger partial charge < -0.3 is 30.4 Å². The van der Waals surface area contributed by atoms with Crippen LogP contribution in [0.1, 0.15) is 30.2 Å². The van der Waals surface area contributed by atoms with Crippen LogP contribution >= 0.6 is 0 Å². The number of nitrogens with one attached hydrogen (secondary N) is 3. The number of hydrogen-bond acceptors (Lipinski definition) is 12. The normalized spacial score (nSPS) is 16.9. The molecular weight excluding hydrogens is 592 g/mol. The number of rotatable bonds is 5. The number of ether oxygens (including phenoxy) is 1. The molecule has 1 spiro atoms. The molecule has 1 heterocycles. The molecular formula is C30H22N4O11. The lowest BCUT2D eigenvalue weighted by Crippen LogP contribution is -2.51. The summed E-state index contributed by atoms with van der Waals surface area (Å²) in [6.07, 6.45) is 1.09. The van der Waals surface area contributed by atoms with Crippen molar-refractivity contribution in [1.29, 1.82) is 0 Å². The van der Waals surface area contributed by atoms with E-state index in [1.807, 2.05) is 0 Å². The van der Waals surface area contributed by atoms with Crippen molar-refractivity contribution in [3.63, 3.8) is 0 Å². The van der Waals surface area contributed by atoms with Gasteiger partial charge in [0.25, 0.3) is 11.5 Å². The van der Waals surface area contributed by atoms with Crippen LogP contribution < -0.4 is 53.2 Å². The van der Waals surface area contributed by atoms with E-state index in [1.165, 1.54) is 19.1 Å². The predicted octanol–water partition coefficient (Wildman–Crippen LogP) is -2.90. The summed E-state index contributed by atoms with van der Waals surface area (Å²) in [5.74, 6) is -3.76. The fourth-order valence-electron chi connectivity index (χ4n) is 6.26. The maximum absolute atomic E-state index is 13.6. The van der Waals surface area contributed by atoms with Crippen molar-refractivity contribution in [2.24, 2.45) is 5.10 Å². The van der Waals surface area contributed by atoms with E-state index in [4.69, 9.17) is 4.74 Å². The lowest BCUT2D eigenvalue weighted by atomic mass is 9.78. The minimum absolute atomic E-state index is 0.103. The molecule has 1 unspecified atom stereocenters. The standard InChI is InChI=1S/C30H22N4O11/c1-10(35)31-9-16(37)34-32-8-13-6-12-5-11-3-4-30(22(11)26(41)17(12)29(44)33-13)27(42)20-21(28(30)43)25(40)19-18(24(20)39)14(36)7-15(45-2)23(19)38/h5-8,41-43H,3-4,9H2,1-2H3,(H,31,35)(H,33,44)(H,34,37). The molecule has 0 aliphatic heterocycles. The minimum atomic E-state index is -2.02. The monoisotopic (exact) mass is 614 g/mol. The zero-order chi connectivity index (χ0) is 32.5. The third-order valence-corrected chi connectivity index (χ3v) is 8.17. The van der Waals surface area contributed by atoms with Gasteiger partial charge in [-0.15, -0.1) is 0 Å². The average Bonchev–Trinajstić information content (AvgIpc) is 3.48. The van der Waals surface area contributed by atoms with Crippen LogP contribution in [0.4, 0.5) is 0 Å². The molecule has 2 aromatic rings. The number of phenolic OH excluding ortho intramolecular Hbond substituents is 1. The van der Waals surface area contributed by atoms with E-state index < -0.39 is 88.4 Å². The summed E-state index contributed by atoms with van der Waals surface area (Å²) in [6.45, 7) is 0.922. The number of phenols is 1. The molecule has 0 saturated carbocycles. The summed E-state index contributed by atoms with van der Waals surface area (Å²) in [6, 6.07) is 3.73. The summed E-state index contributed by atoms with van der Waals surface area (Å²) in [7, 11) is 1.10. The Hall–Kier alpha value is -6.12. The second-order valence-electron chi connectivity index (χ2n) is 10.6. The second kappa shape index (κ2) is 9.97. The van der Waals surface area contributed by atoms with Gasteiger partial charge in [-0.2, -0.15) is 5.10 Å². The first-order valence-electron chi connectivity index (χ1n) is 13.4. The van der Waals surface area contributed by atoms with Crippen molar-refractivity contribution in [1.82, 2.24) is 15.7 Å². The van der Waals surface area contributed by atoms with Crippen LogP contribution in [0.2, 0.25) is 0 Å². The molecule has 2 amide bonds. The van der Waals surface area contributed by atoms with Crippen molar-refractivity contribution in [3.05, 3.63) is 107 Å². The first-order valence-corrected chi connectivity index (χ1v) is 13.4. The predicted molar refractivity (Wildman–Crippen MR) is 158 cm³/mol. The van der Waals surface area contributed by atoms with Gasteiger partial charge in [0.05, 0.1) is 51.8 Å². The van der Waals surface area contributed by atoms with Crippen molar-refractivity contribution < 1.29 is 29.6 Å². The first kappa shape index (κ1) is 29.0. The summed E-state index contributed by atoms with van der Waals surface area (Å²) in [4.78, 5) is 91.1. The Bertz CT molecular complexity index is 2550.